The van der Waals surface area contributed by atoms with Gasteiger partial charge >= 0.3 is 12.2 Å². The summed E-state index contributed by atoms with van der Waals surface area (Å²) in [6.07, 6.45) is 6.90. The molecule has 4 N–H and O–H groups in total. The predicted molar refractivity (Wildman–Crippen MR) is 260 cm³/mol. The van der Waals surface area contributed by atoms with Crippen molar-refractivity contribution in [3.8, 4) is 11.1 Å². The van der Waals surface area contributed by atoms with Crippen LogP contribution in [0.15, 0.2) is 84.9 Å². The normalized spacial score (nSPS) is 27.0. The summed E-state index contributed by atoms with van der Waals surface area (Å²) in [7, 11) is 0. The van der Waals surface area contributed by atoms with Gasteiger partial charge in [0.1, 0.15) is 18.8 Å². The van der Waals surface area contributed by atoms with Gasteiger partial charge in [-0.1, -0.05) is 101 Å². The molecule has 67 heavy (non-hydrogen) atoms. The molecule has 0 radical (unpaired) electrons. The maximum atomic E-state index is 14.8. The minimum atomic E-state index is -0.789. The van der Waals surface area contributed by atoms with E-state index in [0.717, 1.165) is 84.7 Å². The highest BCUT2D eigenvalue weighted by Crippen LogP contribution is 2.60. The summed E-state index contributed by atoms with van der Waals surface area (Å²) >= 11 is 0. The minimum absolute atomic E-state index is 0.000409. The van der Waals surface area contributed by atoms with E-state index in [1.54, 1.807) is 0 Å². The zero-order valence-electron chi connectivity index (χ0n) is 40.2. The van der Waals surface area contributed by atoms with E-state index in [2.05, 4.69) is 84.5 Å². The molecule has 11 nitrogen and oxygen atoms in total. The molecule has 5 aliphatic rings. The molecule has 352 valence electrons. The lowest BCUT2D eigenvalue weighted by molar-refractivity contribution is -0.150. The van der Waals surface area contributed by atoms with E-state index in [1.165, 1.54) is 11.1 Å². The van der Waals surface area contributed by atoms with Gasteiger partial charge in [-0.25, -0.2) is 9.59 Å². The highest BCUT2D eigenvalue weighted by Gasteiger charge is 2.58. The molecule has 0 heterocycles. The van der Waals surface area contributed by atoms with Crippen molar-refractivity contribution in [2.75, 3.05) is 23.8 Å². The van der Waals surface area contributed by atoms with Crippen LogP contribution in [-0.4, -0.2) is 48.7 Å². The maximum Gasteiger partial charge on any atom is 0.412 e. The Balaban J connectivity index is 0.844. The monoisotopic (exact) mass is 906 g/mol. The second kappa shape index (κ2) is 17.3. The lowest BCUT2D eigenvalue weighted by atomic mass is 9.49. The molecule has 5 amide bonds. The molecule has 5 aliphatic carbocycles. The molecule has 11 heteroatoms. The number of amides is 5. The molecule has 4 aromatic rings. The van der Waals surface area contributed by atoms with Gasteiger partial charge in [0.2, 0.25) is 17.7 Å². The van der Waals surface area contributed by atoms with Crippen LogP contribution < -0.4 is 21.3 Å². The van der Waals surface area contributed by atoms with Crippen molar-refractivity contribution in [1.29, 1.82) is 0 Å². The average molecular weight is 907 g/mol. The number of nitrogens with one attached hydrogen (secondary N) is 4. The number of carbonyl (C=O) groups is 5. The predicted octanol–water partition coefficient (Wildman–Crippen LogP) is 10.9. The van der Waals surface area contributed by atoms with Crippen molar-refractivity contribution in [2.24, 2.45) is 22.7 Å². The second-order valence-corrected chi connectivity index (χ2v) is 21.9. The van der Waals surface area contributed by atoms with Crippen molar-refractivity contribution in [2.45, 2.75) is 135 Å². The van der Waals surface area contributed by atoms with Crippen molar-refractivity contribution < 1.29 is 33.4 Å². The second-order valence-electron chi connectivity index (χ2n) is 21.9. The molecule has 2 saturated carbocycles. The fourth-order valence-corrected chi connectivity index (χ4v) is 13.4. The Morgan fingerprint density at radius 3 is 1.63 bits per heavy atom. The third-order valence-electron chi connectivity index (χ3n) is 16.6. The summed E-state index contributed by atoms with van der Waals surface area (Å²) < 4.78 is 11.2. The molecule has 0 unspecified atom stereocenters. The summed E-state index contributed by atoms with van der Waals surface area (Å²) in [5.74, 6) is -0.878. The number of benzene rings is 4. The highest BCUT2D eigenvalue weighted by molar-refractivity contribution is 6.01. The molecular formula is C56H66N4O7. The van der Waals surface area contributed by atoms with Gasteiger partial charge in [-0.05, 0) is 164 Å². The zero-order chi connectivity index (χ0) is 47.5. The number of hydrogen-bond acceptors (Lipinski definition) is 7. The van der Waals surface area contributed by atoms with Crippen molar-refractivity contribution in [1.82, 2.24) is 10.6 Å². The number of rotatable bonds is 8. The maximum absolute atomic E-state index is 14.8. The topological polar surface area (TPSA) is 152 Å². The Hall–Kier alpha value is -5.97. The third-order valence-corrected chi connectivity index (χ3v) is 16.6. The van der Waals surface area contributed by atoms with Gasteiger partial charge in [0, 0.05) is 17.3 Å². The van der Waals surface area contributed by atoms with Crippen molar-refractivity contribution >= 4 is 41.3 Å². The fraction of sp³-hybridized carbons (Fsp3) is 0.482. The van der Waals surface area contributed by atoms with E-state index in [4.69, 9.17) is 9.47 Å². The van der Waals surface area contributed by atoms with E-state index in [0.29, 0.717) is 24.2 Å². The van der Waals surface area contributed by atoms with Gasteiger partial charge in [-0.3, -0.25) is 25.0 Å². The number of imide groups is 1. The molecule has 4 aromatic carbocycles. The SMILES string of the molecule is CC(C)(C)OC(=O)Nc1ccc2c(c1)[C@@]1(C)CCC[C@](C)(C(=O)NC(=O)[C@@]3(C)CCC[C@]4(C)c5cc(NC(=O)CNC(=O)OCC6c7ccccc7-c7ccccc76)ccc5CC[C@@H]34)[C@@H]1CC2. The molecule has 0 spiro atoms. The first-order chi connectivity index (χ1) is 31.8. The molecule has 9 rings (SSSR count). The zero-order valence-corrected chi connectivity index (χ0v) is 40.2. The van der Waals surface area contributed by atoms with Crippen LogP contribution in [0.1, 0.15) is 139 Å². The van der Waals surface area contributed by atoms with Crippen LogP contribution in [0.5, 0.6) is 0 Å². The Morgan fingerprint density at radius 1 is 0.627 bits per heavy atom. The van der Waals surface area contributed by atoms with E-state index < -0.39 is 28.6 Å². The van der Waals surface area contributed by atoms with Crippen molar-refractivity contribution in [3.05, 3.63) is 118 Å². The lowest BCUT2D eigenvalue weighted by Gasteiger charge is -2.56. The largest absolute Gasteiger partial charge is 0.449 e. The summed E-state index contributed by atoms with van der Waals surface area (Å²) in [4.78, 5) is 68.4. The summed E-state index contributed by atoms with van der Waals surface area (Å²) in [5.41, 5.74) is 7.64. The first-order valence-corrected chi connectivity index (χ1v) is 24.3. The average Bonchev–Trinajstić information content (AvgIpc) is 3.60. The fourth-order valence-electron chi connectivity index (χ4n) is 13.4. The van der Waals surface area contributed by atoms with Gasteiger partial charge in [-0.2, -0.15) is 0 Å². The number of ether oxygens (including phenoxy) is 2. The Kier molecular flexibility index (Phi) is 11.9. The number of anilines is 2. The quantitative estimate of drug-likeness (QED) is 0.128. The van der Waals surface area contributed by atoms with Crippen LogP contribution in [0.3, 0.4) is 0 Å². The van der Waals surface area contributed by atoms with Gasteiger partial charge in [0.15, 0.2) is 0 Å². The lowest BCUT2D eigenvalue weighted by Crippen LogP contribution is -2.60. The first kappa shape index (κ1) is 46.2. The summed E-state index contributed by atoms with van der Waals surface area (Å²) in [5, 5.41) is 11.6. The number of fused-ring (bicyclic) bond motifs is 9. The molecule has 0 saturated heterocycles. The first-order valence-electron chi connectivity index (χ1n) is 24.3. The van der Waals surface area contributed by atoms with Crippen LogP contribution in [0.25, 0.3) is 11.1 Å². The number of hydrogen-bond donors (Lipinski definition) is 4. The van der Waals surface area contributed by atoms with Crippen molar-refractivity contribution in [3.63, 3.8) is 0 Å². The third kappa shape index (κ3) is 8.41. The molecular weight excluding hydrogens is 841 g/mol. The molecule has 0 bridgehead atoms. The Bertz CT molecular complexity index is 2610. The molecule has 6 atom stereocenters. The highest BCUT2D eigenvalue weighted by atomic mass is 16.6. The molecule has 0 aliphatic heterocycles. The Morgan fingerprint density at radius 2 is 1.12 bits per heavy atom. The standard InChI is InChI=1S/C56H66N4O7/c1-52(2,3)67-51(65)59-37-23-19-35-21-25-46-54(5,44(35)31-37)27-13-29-56(46,7)49(63)60-48(62)55(6)28-12-26-53(4)43-30-36(22-18-34(43)20-24-45(53)55)58-47(61)32-57-50(64)66-33-42-40-16-10-8-14-38(40)39-15-9-11-17-41(39)42/h8-11,14-19,22-23,30-31,42,45-46H,12-13,20-21,24-29,32-33H2,1-7H3,(H,57,64)(H,58,61)(H,59,65)(H,60,62,63)/t45-,46-,53-,54-,55+,56+/m1/s1. The van der Waals surface area contributed by atoms with Crippen LogP contribution in [-0.2, 0) is 47.5 Å². The van der Waals surface area contributed by atoms with E-state index in [9.17, 15) is 24.0 Å². The molecule has 0 aromatic heterocycles. The van der Waals surface area contributed by atoms with Crippen LogP contribution in [0, 0.1) is 22.7 Å². The number of carbonyl (C=O) groups excluding carboxylic acids is 5. The van der Waals surface area contributed by atoms with E-state index in [-0.39, 0.29) is 59.5 Å². The summed E-state index contributed by atoms with van der Waals surface area (Å²) in [6.45, 7) is 14.0. The van der Waals surface area contributed by atoms with Gasteiger partial charge in [-0.15, -0.1) is 0 Å². The van der Waals surface area contributed by atoms with E-state index >= 15 is 0 Å². The smallest absolute Gasteiger partial charge is 0.412 e. The van der Waals surface area contributed by atoms with Gasteiger partial charge < -0.3 is 20.1 Å². The van der Waals surface area contributed by atoms with Crippen LogP contribution in [0.4, 0.5) is 21.0 Å². The number of alkyl carbamates (subject to hydrolysis) is 1. The number of aryl methyl sites for hydroxylation is 2. The Labute approximate surface area is 394 Å². The van der Waals surface area contributed by atoms with Crippen LogP contribution >= 0.6 is 0 Å². The van der Waals surface area contributed by atoms with E-state index in [1.807, 2.05) is 70.2 Å². The molecule has 2 fully saturated rings. The minimum Gasteiger partial charge on any atom is -0.449 e. The van der Waals surface area contributed by atoms with Crippen LogP contribution in [0.2, 0.25) is 0 Å². The van der Waals surface area contributed by atoms with Gasteiger partial charge in [0.25, 0.3) is 0 Å². The van der Waals surface area contributed by atoms with Gasteiger partial charge in [0.05, 0.1) is 10.8 Å². The summed E-state index contributed by atoms with van der Waals surface area (Å²) in [6, 6.07) is 28.4.